The average Bonchev–Trinajstić information content (AvgIpc) is 2.73. The Kier molecular flexibility index (Phi) is 6.82. The van der Waals surface area contributed by atoms with E-state index in [0.29, 0.717) is 5.75 Å². The van der Waals surface area contributed by atoms with Gasteiger partial charge in [-0.05, 0) is 6.92 Å². The number of thioether (sulfide) groups is 1. The number of hydrogen-bond acceptors (Lipinski definition) is 6. The first-order valence-corrected chi connectivity index (χ1v) is 7.89. The first-order valence-electron chi connectivity index (χ1n) is 6.84. The van der Waals surface area contributed by atoms with Crippen molar-refractivity contribution < 1.29 is 29.4 Å². The van der Waals surface area contributed by atoms with Crippen molar-refractivity contribution in [1.82, 2.24) is 9.80 Å². The van der Waals surface area contributed by atoms with Crippen LogP contribution in [0.5, 0.6) is 0 Å². The molecule has 1 unspecified atom stereocenters. The number of amides is 3. The minimum Gasteiger partial charge on any atom is -0.480 e. The van der Waals surface area contributed by atoms with Gasteiger partial charge in [0.05, 0.1) is 18.4 Å². The lowest BCUT2D eigenvalue weighted by atomic mass is 10.3. The van der Waals surface area contributed by atoms with Crippen molar-refractivity contribution in [3.63, 3.8) is 0 Å². The molecule has 1 saturated heterocycles. The van der Waals surface area contributed by atoms with Gasteiger partial charge in [-0.2, -0.15) is 0 Å². The minimum atomic E-state index is -1.08. The normalized spacial score (nSPS) is 19.4. The van der Waals surface area contributed by atoms with Crippen molar-refractivity contribution in [2.75, 3.05) is 26.0 Å². The predicted octanol–water partition coefficient (Wildman–Crippen LogP) is -0.839. The summed E-state index contributed by atoms with van der Waals surface area (Å²) in [6, 6.07) is -0.910. The number of likely N-dealkylation sites (tertiary alicyclic amines) is 1. The van der Waals surface area contributed by atoms with Gasteiger partial charge in [-0.3, -0.25) is 19.3 Å². The third kappa shape index (κ3) is 4.44. The van der Waals surface area contributed by atoms with Crippen LogP contribution >= 0.6 is 11.8 Å². The van der Waals surface area contributed by atoms with E-state index in [1.807, 2.05) is 0 Å². The Morgan fingerprint density at radius 1 is 1.45 bits per heavy atom. The molecule has 0 aromatic rings. The molecule has 0 aromatic carbocycles. The van der Waals surface area contributed by atoms with Crippen molar-refractivity contribution >= 4 is 35.5 Å². The molecular weight excluding hydrogens is 312 g/mol. The van der Waals surface area contributed by atoms with Gasteiger partial charge in [0.2, 0.25) is 17.7 Å². The number of likely N-dealkylation sites (N-methyl/N-ethyl adjacent to an activating group) is 1. The summed E-state index contributed by atoms with van der Waals surface area (Å²) in [6.45, 7) is 1.14. The lowest BCUT2D eigenvalue weighted by molar-refractivity contribution is -0.148. The van der Waals surface area contributed by atoms with Crippen LogP contribution in [0.4, 0.5) is 0 Å². The molecule has 1 fully saturated rings. The molecule has 22 heavy (non-hydrogen) atoms. The molecule has 0 aliphatic carbocycles. The van der Waals surface area contributed by atoms with E-state index in [9.17, 15) is 19.2 Å². The molecule has 0 bridgehead atoms. The second-order valence-corrected chi connectivity index (χ2v) is 6.25. The van der Waals surface area contributed by atoms with Crippen molar-refractivity contribution in [2.24, 2.45) is 0 Å². The number of hydrogen-bond donors (Lipinski definition) is 2. The molecule has 1 rings (SSSR count). The van der Waals surface area contributed by atoms with Gasteiger partial charge >= 0.3 is 5.97 Å². The number of β-amino-alcohol motifs (C(OH)–C–C–N with tert-alkyl or cyclic N) is 1. The Hall–Kier alpha value is -1.61. The number of aliphatic hydroxyl groups is 1. The van der Waals surface area contributed by atoms with Crippen LogP contribution in [0.15, 0.2) is 0 Å². The maximum absolute atomic E-state index is 11.9. The summed E-state index contributed by atoms with van der Waals surface area (Å²) in [4.78, 5) is 48.3. The third-order valence-electron chi connectivity index (χ3n) is 3.49. The van der Waals surface area contributed by atoms with Gasteiger partial charge in [0.15, 0.2) is 0 Å². The Morgan fingerprint density at radius 3 is 2.64 bits per heavy atom. The topological polar surface area (TPSA) is 115 Å². The van der Waals surface area contributed by atoms with E-state index >= 15 is 0 Å². The summed E-state index contributed by atoms with van der Waals surface area (Å²) in [5.74, 6) is -1.75. The van der Waals surface area contributed by atoms with Gasteiger partial charge in [-0.1, -0.05) is 0 Å². The number of rotatable bonds is 8. The zero-order valence-electron chi connectivity index (χ0n) is 12.5. The van der Waals surface area contributed by atoms with E-state index in [1.54, 1.807) is 0 Å². The van der Waals surface area contributed by atoms with E-state index in [4.69, 9.17) is 10.2 Å². The first-order chi connectivity index (χ1) is 10.3. The van der Waals surface area contributed by atoms with E-state index in [1.165, 1.54) is 25.7 Å². The molecule has 1 aliphatic rings. The third-order valence-corrected chi connectivity index (χ3v) is 4.70. The van der Waals surface area contributed by atoms with Crippen molar-refractivity contribution in [3.8, 4) is 0 Å². The van der Waals surface area contributed by atoms with Crippen molar-refractivity contribution in [2.45, 2.75) is 31.1 Å². The number of aliphatic carboxylic acids is 1. The molecule has 2 atom stereocenters. The number of carbonyl (C=O) groups excluding carboxylic acids is 3. The van der Waals surface area contributed by atoms with Crippen LogP contribution in [0.2, 0.25) is 0 Å². The zero-order chi connectivity index (χ0) is 16.9. The highest BCUT2D eigenvalue weighted by Gasteiger charge is 2.38. The fourth-order valence-corrected chi connectivity index (χ4v) is 3.07. The minimum absolute atomic E-state index is 0.00742. The SMILES string of the molecule is C[C@@H](C(=O)O)N(C)C(=O)CCSC1CC(=O)N(CCO)C1=O. The molecule has 0 aromatic heterocycles. The highest BCUT2D eigenvalue weighted by molar-refractivity contribution is 8.00. The fraction of sp³-hybridized carbons (Fsp3) is 0.692. The number of imide groups is 1. The van der Waals surface area contributed by atoms with Crippen LogP contribution < -0.4 is 0 Å². The fourth-order valence-electron chi connectivity index (χ4n) is 1.96. The van der Waals surface area contributed by atoms with Crippen molar-refractivity contribution in [1.29, 1.82) is 0 Å². The van der Waals surface area contributed by atoms with Crippen LogP contribution in [-0.4, -0.2) is 80.9 Å². The smallest absolute Gasteiger partial charge is 0.326 e. The lowest BCUT2D eigenvalue weighted by Gasteiger charge is -2.21. The van der Waals surface area contributed by atoms with Crippen LogP contribution in [0, 0.1) is 0 Å². The maximum atomic E-state index is 11.9. The predicted molar refractivity (Wildman–Crippen MR) is 79.2 cm³/mol. The molecule has 8 nitrogen and oxygen atoms in total. The Morgan fingerprint density at radius 2 is 2.09 bits per heavy atom. The molecule has 1 aliphatic heterocycles. The number of aliphatic hydroxyl groups excluding tert-OH is 1. The van der Waals surface area contributed by atoms with E-state index in [0.717, 1.165) is 9.80 Å². The highest BCUT2D eigenvalue weighted by Crippen LogP contribution is 2.25. The van der Waals surface area contributed by atoms with Crippen LogP contribution in [-0.2, 0) is 19.2 Å². The lowest BCUT2D eigenvalue weighted by Crippen LogP contribution is -2.40. The molecule has 0 spiro atoms. The molecule has 2 N–H and O–H groups in total. The van der Waals surface area contributed by atoms with Gasteiger partial charge in [0, 0.05) is 25.6 Å². The van der Waals surface area contributed by atoms with E-state index in [-0.39, 0.29) is 43.7 Å². The van der Waals surface area contributed by atoms with Crippen LogP contribution in [0.3, 0.4) is 0 Å². The first kappa shape index (κ1) is 18.4. The van der Waals surface area contributed by atoms with Crippen LogP contribution in [0.25, 0.3) is 0 Å². The molecule has 1 heterocycles. The van der Waals surface area contributed by atoms with E-state index < -0.39 is 17.3 Å². The van der Waals surface area contributed by atoms with Gasteiger partial charge < -0.3 is 15.1 Å². The average molecular weight is 332 g/mol. The molecule has 3 amide bonds. The Bertz CT molecular complexity index is 469. The molecule has 124 valence electrons. The number of carboxylic acid groups (broad SMARTS) is 1. The summed E-state index contributed by atoms with van der Waals surface area (Å²) in [6.07, 6.45) is 0.163. The van der Waals surface area contributed by atoms with E-state index in [2.05, 4.69) is 0 Å². The Labute approximate surface area is 132 Å². The molecular formula is C13H20N2O6S. The van der Waals surface area contributed by atoms with Crippen LogP contribution in [0.1, 0.15) is 19.8 Å². The summed E-state index contributed by atoms with van der Waals surface area (Å²) in [7, 11) is 1.42. The van der Waals surface area contributed by atoms with Crippen molar-refractivity contribution in [3.05, 3.63) is 0 Å². The molecule has 0 saturated carbocycles. The quantitative estimate of drug-likeness (QED) is 0.557. The summed E-state index contributed by atoms with van der Waals surface area (Å²) >= 11 is 1.20. The number of carboxylic acids is 1. The van der Waals surface area contributed by atoms with Gasteiger partial charge in [0.1, 0.15) is 6.04 Å². The van der Waals surface area contributed by atoms with Gasteiger partial charge in [-0.25, -0.2) is 4.79 Å². The second kappa shape index (κ2) is 8.14. The summed E-state index contributed by atoms with van der Waals surface area (Å²) in [5.41, 5.74) is 0. The summed E-state index contributed by atoms with van der Waals surface area (Å²) < 4.78 is 0. The largest absolute Gasteiger partial charge is 0.480 e. The number of carbonyl (C=O) groups is 4. The highest BCUT2D eigenvalue weighted by atomic mass is 32.2. The molecule has 0 radical (unpaired) electrons. The standard InChI is InChI=1S/C13H20N2O6S/c1-8(13(20)21)14(2)10(17)3-6-22-9-7-11(18)15(4-5-16)12(9)19/h8-9,16H,3-7H2,1-2H3,(H,20,21)/t8-,9?/m0/s1. The summed E-state index contributed by atoms with van der Waals surface area (Å²) in [5, 5.41) is 17.1. The second-order valence-electron chi connectivity index (χ2n) is 4.94. The Balaban J connectivity index is 2.42. The zero-order valence-corrected chi connectivity index (χ0v) is 13.3. The maximum Gasteiger partial charge on any atom is 0.326 e. The molecule has 9 heteroatoms. The number of nitrogens with zero attached hydrogens (tertiary/aromatic N) is 2. The monoisotopic (exact) mass is 332 g/mol. The van der Waals surface area contributed by atoms with Gasteiger partial charge in [-0.15, -0.1) is 11.8 Å². The van der Waals surface area contributed by atoms with Gasteiger partial charge in [0.25, 0.3) is 0 Å².